The highest BCUT2D eigenvalue weighted by molar-refractivity contribution is 7.92. The van der Waals surface area contributed by atoms with Gasteiger partial charge in [-0.25, -0.2) is 13.4 Å². The van der Waals surface area contributed by atoms with E-state index >= 15 is 0 Å². The largest absolute Gasteiger partial charge is 0.320 e. The van der Waals surface area contributed by atoms with Crippen LogP contribution in [0.25, 0.3) is 0 Å². The molecular weight excluding hydrogens is 238 g/mol. The van der Waals surface area contributed by atoms with E-state index in [-0.39, 0.29) is 18.1 Å². The summed E-state index contributed by atoms with van der Waals surface area (Å²) < 4.78 is 25.4. The van der Waals surface area contributed by atoms with Gasteiger partial charge in [-0.15, -0.1) is 0 Å². The minimum atomic E-state index is -3.31. The van der Waals surface area contributed by atoms with Crippen molar-refractivity contribution in [1.29, 1.82) is 0 Å². The summed E-state index contributed by atoms with van der Waals surface area (Å²) in [6.45, 7) is 2.04. The minimum Gasteiger partial charge on any atom is -0.320 e. The number of anilines is 1. The van der Waals surface area contributed by atoms with Gasteiger partial charge in [0.15, 0.2) is 0 Å². The lowest BCUT2D eigenvalue weighted by atomic mass is 10.3. The predicted octanol–water partition coefficient (Wildman–Crippen LogP) is 0.544. The van der Waals surface area contributed by atoms with Crippen LogP contribution in [0.4, 0.5) is 5.82 Å². The number of rotatable bonds is 4. The summed E-state index contributed by atoms with van der Waals surface area (Å²) in [6, 6.07) is 4.97. The van der Waals surface area contributed by atoms with Crippen molar-refractivity contribution in [2.75, 3.05) is 17.0 Å². The molecule has 0 aliphatic rings. The Hall–Kier alpha value is -1.58. The van der Waals surface area contributed by atoms with Crippen LogP contribution >= 0.6 is 0 Å². The molecule has 0 unspecified atom stereocenters. The second kappa shape index (κ2) is 6.23. The highest BCUT2D eigenvalue weighted by atomic mass is 32.2. The molecule has 1 aromatic rings. The molecule has 1 aromatic heterocycles. The maximum absolute atomic E-state index is 11.5. The zero-order chi connectivity index (χ0) is 12.7. The molecular formula is C11H15N3O2S. The van der Waals surface area contributed by atoms with Crippen LogP contribution in [0.5, 0.6) is 0 Å². The van der Waals surface area contributed by atoms with Gasteiger partial charge in [0.2, 0.25) is 10.0 Å². The molecule has 1 heterocycles. The summed E-state index contributed by atoms with van der Waals surface area (Å²) in [5, 5.41) is 0. The van der Waals surface area contributed by atoms with E-state index in [1.165, 1.54) is 0 Å². The Labute approximate surface area is 101 Å². The SMILES string of the molecule is CCCS(=O)(=O)Nc1cccc(C#CCN)n1. The van der Waals surface area contributed by atoms with Crippen molar-refractivity contribution in [2.24, 2.45) is 5.73 Å². The molecule has 5 nitrogen and oxygen atoms in total. The lowest BCUT2D eigenvalue weighted by Gasteiger charge is -2.05. The molecule has 0 saturated carbocycles. The van der Waals surface area contributed by atoms with Crippen LogP contribution in [0.15, 0.2) is 18.2 Å². The third-order valence-corrected chi connectivity index (χ3v) is 3.27. The van der Waals surface area contributed by atoms with Crippen LogP contribution in [0.3, 0.4) is 0 Å². The topological polar surface area (TPSA) is 85.1 Å². The smallest absolute Gasteiger partial charge is 0.233 e. The fourth-order valence-corrected chi connectivity index (χ4v) is 2.25. The second-order valence-electron chi connectivity index (χ2n) is 3.33. The number of hydrogen-bond donors (Lipinski definition) is 2. The second-order valence-corrected chi connectivity index (χ2v) is 5.18. The van der Waals surface area contributed by atoms with E-state index in [1.807, 2.05) is 0 Å². The van der Waals surface area contributed by atoms with Gasteiger partial charge in [0.1, 0.15) is 11.5 Å². The summed E-state index contributed by atoms with van der Waals surface area (Å²) in [5.41, 5.74) is 5.74. The van der Waals surface area contributed by atoms with E-state index in [4.69, 9.17) is 5.73 Å². The van der Waals surface area contributed by atoms with Gasteiger partial charge in [0.05, 0.1) is 12.3 Å². The molecule has 6 heteroatoms. The molecule has 0 saturated heterocycles. The highest BCUT2D eigenvalue weighted by Crippen LogP contribution is 2.07. The fraction of sp³-hybridized carbons (Fsp3) is 0.364. The Morgan fingerprint density at radius 1 is 1.47 bits per heavy atom. The number of sulfonamides is 1. The van der Waals surface area contributed by atoms with Crippen molar-refractivity contribution in [3.63, 3.8) is 0 Å². The van der Waals surface area contributed by atoms with Gasteiger partial charge in [-0.3, -0.25) is 4.72 Å². The molecule has 0 spiro atoms. The van der Waals surface area contributed by atoms with Crippen molar-refractivity contribution in [3.8, 4) is 11.8 Å². The summed E-state index contributed by atoms with van der Waals surface area (Å²) >= 11 is 0. The van der Waals surface area contributed by atoms with E-state index in [0.29, 0.717) is 12.1 Å². The zero-order valence-corrected chi connectivity index (χ0v) is 10.4. The van der Waals surface area contributed by atoms with E-state index < -0.39 is 10.0 Å². The standard InChI is InChI=1S/C11H15N3O2S/c1-2-9-17(15,16)14-11-7-3-5-10(13-11)6-4-8-12/h3,5,7H,2,8-9,12H2,1H3,(H,13,14). The first-order valence-electron chi connectivity index (χ1n) is 5.24. The summed E-state index contributed by atoms with van der Waals surface area (Å²) in [7, 11) is -3.31. The van der Waals surface area contributed by atoms with E-state index in [1.54, 1.807) is 25.1 Å². The Balaban J connectivity index is 2.86. The van der Waals surface area contributed by atoms with Crippen molar-refractivity contribution >= 4 is 15.8 Å². The third kappa shape index (κ3) is 4.85. The fourth-order valence-electron chi connectivity index (χ4n) is 1.18. The number of aromatic nitrogens is 1. The minimum absolute atomic E-state index is 0.0768. The molecule has 17 heavy (non-hydrogen) atoms. The molecule has 0 aliphatic heterocycles. The number of hydrogen-bond acceptors (Lipinski definition) is 4. The Morgan fingerprint density at radius 2 is 2.24 bits per heavy atom. The van der Waals surface area contributed by atoms with Crippen molar-refractivity contribution in [1.82, 2.24) is 4.98 Å². The van der Waals surface area contributed by atoms with E-state index in [0.717, 1.165) is 0 Å². The average molecular weight is 253 g/mol. The lowest BCUT2D eigenvalue weighted by Crippen LogP contribution is -2.17. The van der Waals surface area contributed by atoms with E-state index in [2.05, 4.69) is 21.5 Å². The first-order valence-corrected chi connectivity index (χ1v) is 6.89. The first-order chi connectivity index (χ1) is 8.07. The highest BCUT2D eigenvalue weighted by Gasteiger charge is 2.09. The molecule has 1 rings (SSSR count). The van der Waals surface area contributed by atoms with Gasteiger partial charge in [0.25, 0.3) is 0 Å². The maximum Gasteiger partial charge on any atom is 0.233 e. The van der Waals surface area contributed by atoms with Crippen molar-refractivity contribution in [2.45, 2.75) is 13.3 Å². The molecule has 3 N–H and O–H groups in total. The van der Waals surface area contributed by atoms with Crippen LogP contribution in [0.2, 0.25) is 0 Å². The zero-order valence-electron chi connectivity index (χ0n) is 9.60. The summed E-state index contributed by atoms with van der Waals surface area (Å²) in [4.78, 5) is 4.06. The molecule has 0 aliphatic carbocycles. The van der Waals surface area contributed by atoms with Crippen molar-refractivity contribution < 1.29 is 8.42 Å². The van der Waals surface area contributed by atoms with Gasteiger partial charge in [0, 0.05) is 0 Å². The Bertz CT molecular complexity index is 529. The molecule has 0 fully saturated rings. The number of nitrogens with zero attached hydrogens (tertiary/aromatic N) is 1. The molecule has 0 atom stereocenters. The molecule has 0 amide bonds. The normalized spacial score (nSPS) is 10.5. The van der Waals surface area contributed by atoms with Gasteiger partial charge < -0.3 is 5.73 Å². The lowest BCUT2D eigenvalue weighted by molar-refractivity contribution is 0.599. The molecule has 0 bridgehead atoms. The van der Waals surface area contributed by atoms with Crippen molar-refractivity contribution in [3.05, 3.63) is 23.9 Å². The molecule has 0 radical (unpaired) electrons. The summed E-state index contributed by atoms with van der Waals surface area (Å²) in [5.74, 6) is 5.76. The predicted molar refractivity (Wildman–Crippen MR) is 67.9 cm³/mol. The van der Waals surface area contributed by atoms with Gasteiger partial charge in [-0.1, -0.05) is 18.9 Å². The monoisotopic (exact) mass is 253 g/mol. The third-order valence-electron chi connectivity index (χ3n) is 1.80. The quantitative estimate of drug-likeness (QED) is 0.767. The van der Waals surface area contributed by atoms with Gasteiger partial charge in [-0.2, -0.15) is 0 Å². The van der Waals surface area contributed by atoms with Crippen LogP contribution in [-0.4, -0.2) is 25.7 Å². The first kappa shape index (κ1) is 13.5. The molecule has 92 valence electrons. The van der Waals surface area contributed by atoms with Crippen LogP contribution < -0.4 is 10.5 Å². The number of nitrogens with two attached hydrogens (primary N) is 1. The van der Waals surface area contributed by atoms with E-state index in [9.17, 15) is 8.42 Å². The van der Waals surface area contributed by atoms with Crippen LogP contribution in [0, 0.1) is 11.8 Å². The summed E-state index contributed by atoms with van der Waals surface area (Å²) in [6.07, 6.45) is 0.558. The van der Waals surface area contributed by atoms with Crippen LogP contribution in [0.1, 0.15) is 19.0 Å². The van der Waals surface area contributed by atoms with Crippen LogP contribution in [-0.2, 0) is 10.0 Å². The Kier molecular flexibility index (Phi) is 4.94. The number of pyridine rings is 1. The number of nitrogens with one attached hydrogen (secondary N) is 1. The van der Waals surface area contributed by atoms with Gasteiger partial charge >= 0.3 is 0 Å². The Morgan fingerprint density at radius 3 is 2.88 bits per heavy atom. The average Bonchev–Trinajstić information content (AvgIpc) is 2.26. The molecule has 0 aromatic carbocycles. The maximum atomic E-state index is 11.5. The van der Waals surface area contributed by atoms with Gasteiger partial charge in [-0.05, 0) is 24.5 Å².